The van der Waals surface area contributed by atoms with Crippen LogP contribution in [0.5, 0.6) is 0 Å². The van der Waals surface area contributed by atoms with Gasteiger partial charge in [-0.1, -0.05) is 13.8 Å². The molecule has 1 aromatic heterocycles. The molecule has 9 heteroatoms. The van der Waals surface area contributed by atoms with Crippen molar-refractivity contribution in [2.24, 2.45) is 28.6 Å². The summed E-state index contributed by atoms with van der Waals surface area (Å²) in [5.74, 6) is -1.47. The standard InChI is InChI=1S/C32H47NO8/c1-28(2,38)26(41-27(37)21-7-6-14-33-21)10-12-31(5,39)25-9-13-32(40)19-15-22(34)20-16-23(35)24(36)17-29(20,3)18(19)8-11-30(25,32)4/h6-7,14-15,18,20,23-26,33,35-36,38-40H,8-13,16-17H2,1-5H3/t18-,20-,23+,24-,25-,26?,29+,30+,31-,32+/m0/s1. The van der Waals surface area contributed by atoms with Gasteiger partial charge in [0.05, 0.1) is 29.0 Å². The van der Waals surface area contributed by atoms with Crippen molar-refractivity contribution < 1.29 is 39.9 Å². The number of aliphatic hydroxyl groups excluding tert-OH is 2. The van der Waals surface area contributed by atoms with E-state index in [0.717, 1.165) is 0 Å². The van der Waals surface area contributed by atoms with Gasteiger partial charge in [-0.15, -0.1) is 0 Å². The third kappa shape index (κ3) is 4.82. The lowest BCUT2D eigenvalue weighted by Crippen LogP contribution is -2.62. The molecule has 1 aromatic rings. The van der Waals surface area contributed by atoms with Gasteiger partial charge in [-0.25, -0.2) is 4.79 Å². The number of aliphatic hydroxyl groups is 5. The predicted molar refractivity (Wildman–Crippen MR) is 151 cm³/mol. The molecule has 1 unspecified atom stereocenters. The van der Waals surface area contributed by atoms with Crippen LogP contribution in [0.3, 0.4) is 0 Å². The van der Waals surface area contributed by atoms with Gasteiger partial charge in [-0.2, -0.15) is 0 Å². The summed E-state index contributed by atoms with van der Waals surface area (Å²) in [5.41, 5.74) is -4.14. The Bertz CT molecular complexity index is 1200. The highest BCUT2D eigenvalue weighted by Crippen LogP contribution is 2.68. The topological polar surface area (TPSA) is 160 Å². The number of H-pyrrole nitrogens is 1. The minimum atomic E-state index is -1.34. The molecule has 1 heterocycles. The van der Waals surface area contributed by atoms with Crippen LogP contribution in [0.2, 0.25) is 0 Å². The number of ketones is 1. The van der Waals surface area contributed by atoms with Crippen LogP contribution in [0.15, 0.2) is 30.0 Å². The van der Waals surface area contributed by atoms with Gasteiger partial charge >= 0.3 is 5.97 Å². The van der Waals surface area contributed by atoms with E-state index in [1.165, 1.54) is 0 Å². The number of carbonyl (C=O) groups excluding carboxylic acids is 2. The second kappa shape index (κ2) is 10.0. The highest BCUT2D eigenvalue weighted by molar-refractivity contribution is 5.95. The zero-order valence-corrected chi connectivity index (χ0v) is 24.9. The molecule has 4 aliphatic carbocycles. The number of aromatic amines is 1. The summed E-state index contributed by atoms with van der Waals surface area (Å²) >= 11 is 0. The molecular formula is C32H47NO8. The maximum Gasteiger partial charge on any atom is 0.355 e. The summed E-state index contributed by atoms with van der Waals surface area (Å²) < 4.78 is 5.66. The highest BCUT2D eigenvalue weighted by Gasteiger charge is 2.68. The first-order valence-electron chi connectivity index (χ1n) is 15.1. The van der Waals surface area contributed by atoms with Gasteiger partial charge in [-0.3, -0.25) is 4.79 Å². The fraction of sp³-hybridized carbons (Fsp3) is 0.750. The molecule has 0 amide bonds. The molecule has 0 aliphatic heterocycles. The molecule has 0 radical (unpaired) electrons. The van der Waals surface area contributed by atoms with E-state index in [0.29, 0.717) is 37.7 Å². The fourth-order valence-electron chi connectivity index (χ4n) is 9.17. The van der Waals surface area contributed by atoms with Gasteiger partial charge in [0.25, 0.3) is 0 Å². The minimum absolute atomic E-state index is 0.0962. The first kappa shape index (κ1) is 30.4. The number of hydrogen-bond donors (Lipinski definition) is 6. The molecule has 0 saturated heterocycles. The first-order valence-corrected chi connectivity index (χ1v) is 15.1. The summed E-state index contributed by atoms with van der Waals surface area (Å²) in [6.45, 7) is 8.93. The van der Waals surface area contributed by atoms with E-state index in [4.69, 9.17) is 4.74 Å². The Hall–Kier alpha value is -2.04. The minimum Gasteiger partial charge on any atom is -0.455 e. The lowest BCUT2D eigenvalue weighted by atomic mass is 9.45. The van der Waals surface area contributed by atoms with Crippen molar-refractivity contribution in [2.45, 2.75) is 121 Å². The Morgan fingerprint density at radius 3 is 2.46 bits per heavy atom. The first-order chi connectivity index (χ1) is 18.9. The smallest absolute Gasteiger partial charge is 0.355 e. The summed E-state index contributed by atoms with van der Waals surface area (Å²) in [6.07, 6.45) is 3.82. The average Bonchev–Trinajstić information content (AvgIpc) is 3.50. The molecule has 10 atom stereocenters. The third-order valence-electron chi connectivity index (χ3n) is 11.6. The molecule has 5 rings (SSSR count). The highest BCUT2D eigenvalue weighted by atomic mass is 16.6. The zero-order valence-electron chi connectivity index (χ0n) is 24.9. The molecule has 0 bridgehead atoms. The Kier molecular flexibility index (Phi) is 7.43. The van der Waals surface area contributed by atoms with Gasteiger partial charge in [0.2, 0.25) is 0 Å². The third-order valence-corrected chi connectivity index (χ3v) is 11.6. The number of fused-ring (bicyclic) bond motifs is 5. The number of aromatic nitrogens is 1. The zero-order chi connectivity index (χ0) is 30.2. The maximum atomic E-state index is 13.4. The van der Waals surface area contributed by atoms with Crippen molar-refractivity contribution in [1.29, 1.82) is 0 Å². The van der Waals surface area contributed by atoms with Gasteiger partial charge in [0.1, 0.15) is 11.8 Å². The van der Waals surface area contributed by atoms with E-state index < -0.39 is 57.8 Å². The van der Waals surface area contributed by atoms with Crippen LogP contribution in [0.25, 0.3) is 0 Å². The molecule has 3 saturated carbocycles. The van der Waals surface area contributed by atoms with E-state index in [9.17, 15) is 35.1 Å². The molecule has 41 heavy (non-hydrogen) atoms. The van der Waals surface area contributed by atoms with Crippen molar-refractivity contribution in [3.8, 4) is 0 Å². The van der Waals surface area contributed by atoms with Crippen LogP contribution < -0.4 is 0 Å². The van der Waals surface area contributed by atoms with Crippen molar-refractivity contribution in [3.05, 3.63) is 35.7 Å². The van der Waals surface area contributed by atoms with Crippen LogP contribution >= 0.6 is 0 Å². The lowest BCUT2D eigenvalue weighted by Gasteiger charge is -2.60. The van der Waals surface area contributed by atoms with Crippen molar-refractivity contribution >= 4 is 11.8 Å². The van der Waals surface area contributed by atoms with Gasteiger partial charge in [-0.05, 0) is 113 Å². The summed E-state index contributed by atoms with van der Waals surface area (Å²) in [5, 5.41) is 56.0. The number of hydrogen-bond acceptors (Lipinski definition) is 8. The number of rotatable bonds is 7. The van der Waals surface area contributed by atoms with E-state index in [1.807, 2.05) is 13.8 Å². The van der Waals surface area contributed by atoms with E-state index in [1.54, 1.807) is 45.2 Å². The van der Waals surface area contributed by atoms with E-state index >= 15 is 0 Å². The maximum absolute atomic E-state index is 13.4. The van der Waals surface area contributed by atoms with Crippen LogP contribution in [0.1, 0.15) is 96.5 Å². The number of carbonyl (C=O) groups is 2. The monoisotopic (exact) mass is 573 g/mol. The molecule has 3 fully saturated rings. The summed E-state index contributed by atoms with van der Waals surface area (Å²) in [7, 11) is 0. The van der Waals surface area contributed by atoms with Crippen molar-refractivity contribution in [2.75, 3.05) is 0 Å². The molecule has 0 spiro atoms. The number of ether oxygens (including phenoxy) is 1. The molecule has 0 aromatic carbocycles. The van der Waals surface area contributed by atoms with E-state index in [2.05, 4.69) is 4.98 Å². The fourth-order valence-corrected chi connectivity index (χ4v) is 9.17. The predicted octanol–water partition coefficient (Wildman–Crippen LogP) is 3.05. The normalized spacial score (nSPS) is 41.0. The molecular weight excluding hydrogens is 526 g/mol. The quantitative estimate of drug-likeness (QED) is 0.272. The molecule has 228 valence electrons. The molecule has 9 nitrogen and oxygen atoms in total. The van der Waals surface area contributed by atoms with Crippen LogP contribution in [-0.4, -0.2) is 77.4 Å². The largest absolute Gasteiger partial charge is 0.455 e. The van der Waals surface area contributed by atoms with Gasteiger partial charge in [0.15, 0.2) is 5.78 Å². The second-order valence-electron chi connectivity index (χ2n) is 14.6. The number of nitrogens with one attached hydrogen (secondary N) is 1. The van der Waals surface area contributed by atoms with Gasteiger partial charge < -0.3 is 35.3 Å². The lowest BCUT2D eigenvalue weighted by molar-refractivity contribution is -0.161. The van der Waals surface area contributed by atoms with Crippen LogP contribution in [0.4, 0.5) is 0 Å². The number of esters is 1. The summed E-state index contributed by atoms with van der Waals surface area (Å²) in [6, 6.07) is 3.28. The van der Waals surface area contributed by atoms with Crippen LogP contribution in [0, 0.1) is 28.6 Å². The summed E-state index contributed by atoms with van der Waals surface area (Å²) in [4.78, 5) is 28.8. The SMILES string of the molecule is CC(C)(O)C(CC[C@](C)(O)[C@H]1CC[C@@]2(O)C3=CC(=O)[C@@H]4C[C@@H](O)[C@@H](O)C[C@]4(C)[C@H]3CC[C@]12C)OC(=O)c1ccc[nH]1. The number of allylic oxidation sites excluding steroid dienone is 1. The average molecular weight is 574 g/mol. The Morgan fingerprint density at radius 1 is 1.12 bits per heavy atom. The van der Waals surface area contributed by atoms with Crippen molar-refractivity contribution in [1.82, 2.24) is 4.98 Å². The second-order valence-corrected chi connectivity index (χ2v) is 14.6. The Labute approximate surface area is 242 Å². The molecule has 6 N–H and O–H groups in total. The Morgan fingerprint density at radius 2 is 1.83 bits per heavy atom. The van der Waals surface area contributed by atoms with Crippen molar-refractivity contribution in [3.63, 3.8) is 0 Å². The molecule has 4 aliphatic rings. The van der Waals surface area contributed by atoms with E-state index in [-0.39, 0.29) is 42.6 Å². The van der Waals surface area contributed by atoms with Crippen LogP contribution in [-0.2, 0) is 9.53 Å². The van der Waals surface area contributed by atoms with Gasteiger partial charge in [0, 0.05) is 17.5 Å². The Balaban J connectivity index is 1.37.